The van der Waals surface area contributed by atoms with Crippen molar-refractivity contribution < 1.29 is 20.1 Å². The van der Waals surface area contributed by atoms with Crippen molar-refractivity contribution in [2.45, 2.75) is 38.5 Å². The number of rotatable bonds is 3. The topological polar surface area (TPSA) is 30.2 Å². The molecule has 1 radical (unpaired) electrons. The van der Waals surface area contributed by atoms with Gasteiger partial charge in [-0.1, -0.05) is 66.8 Å². The average molecular weight is 746 g/mol. The first-order valence-electron chi connectivity index (χ1n) is 15.2. The Kier molecular flexibility index (Phi) is 7.72. The van der Waals surface area contributed by atoms with Crippen molar-refractivity contribution in [1.29, 1.82) is 0 Å². The molecule has 1 fully saturated rings. The third-order valence-corrected chi connectivity index (χ3v) is 8.91. The van der Waals surface area contributed by atoms with Crippen molar-refractivity contribution in [3.8, 4) is 22.5 Å². The normalized spacial score (nSPS) is 13.4. The van der Waals surface area contributed by atoms with Gasteiger partial charge in [-0.25, -0.2) is 0 Å². The van der Waals surface area contributed by atoms with Crippen LogP contribution in [-0.4, -0.2) is 14.4 Å². The number of pyridine rings is 2. The van der Waals surface area contributed by atoms with E-state index in [9.17, 15) is 0 Å². The molecule has 9 rings (SSSR count). The summed E-state index contributed by atoms with van der Waals surface area (Å²) < 4.78 is 2.44. The molecular weight excluding hydrogens is 715 g/mol. The number of hydrogen-bond acceptors (Lipinski definition) is 2. The fourth-order valence-corrected chi connectivity index (χ4v) is 6.80. The minimum atomic E-state index is 0. The van der Waals surface area contributed by atoms with Crippen LogP contribution in [0.25, 0.3) is 60.6 Å². The van der Waals surface area contributed by atoms with Crippen LogP contribution in [0.5, 0.6) is 0 Å². The molecule has 1 aliphatic rings. The molecule has 3 nitrogen and oxygen atoms in total. The van der Waals surface area contributed by atoms with Crippen molar-refractivity contribution in [3.05, 3.63) is 139 Å². The first-order valence-corrected chi connectivity index (χ1v) is 15.2. The second-order valence-electron chi connectivity index (χ2n) is 11.7. The zero-order valence-corrected chi connectivity index (χ0v) is 26.9. The molecule has 1 saturated carbocycles. The molecule has 0 spiro atoms. The third kappa shape index (κ3) is 4.99. The molecule has 4 aromatic heterocycles. The summed E-state index contributed by atoms with van der Waals surface area (Å²) in [4.78, 5) is 8.87. The second kappa shape index (κ2) is 12.0. The van der Waals surface area contributed by atoms with Crippen LogP contribution in [0.1, 0.15) is 42.7 Å². The molecule has 0 N–H and O–H groups in total. The molecule has 44 heavy (non-hydrogen) atoms. The Labute approximate surface area is 271 Å². The minimum Gasteiger partial charge on any atom is -0.350 e. The van der Waals surface area contributed by atoms with E-state index in [2.05, 4.69) is 87.2 Å². The van der Waals surface area contributed by atoms with E-state index < -0.39 is 0 Å². The Hall–Kier alpha value is -4.37. The zero-order chi connectivity index (χ0) is 28.8. The van der Waals surface area contributed by atoms with Gasteiger partial charge in [0.05, 0.1) is 5.52 Å². The fraction of sp³-hybridized carbons (Fsp3) is 0.150. The van der Waals surface area contributed by atoms with Gasteiger partial charge in [0.25, 0.3) is 0 Å². The Morgan fingerprint density at radius 2 is 1.45 bits per heavy atom. The van der Waals surface area contributed by atoms with E-state index in [4.69, 9.17) is 0 Å². The van der Waals surface area contributed by atoms with E-state index >= 15 is 0 Å². The quantitative estimate of drug-likeness (QED) is 0.169. The number of fused-ring (bicyclic) bond motifs is 6. The van der Waals surface area contributed by atoms with Crippen LogP contribution in [0.3, 0.4) is 0 Å². The van der Waals surface area contributed by atoms with Gasteiger partial charge in [0, 0.05) is 48.8 Å². The van der Waals surface area contributed by atoms with E-state index in [0.29, 0.717) is 5.92 Å². The van der Waals surface area contributed by atoms with Crippen LogP contribution < -0.4 is 0 Å². The monoisotopic (exact) mass is 746 g/mol. The van der Waals surface area contributed by atoms with Gasteiger partial charge in [0.1, 0.15) is 0 Å². The van der Waals surface area contributed by atoms with E-state index in [1.54, 1.807) is 0 Å². The number of benzene rings is 4. The summed E-state index contributed by atoms with van der Waals surface area (Å²) in [5.41, 5.74) is 10.6. The van der Waals surface area contributed by atoms with Crippen LogP contribution in [0, 0.1) is 19.1 Å². The van der Waals surface area contributed by atoms with E-state index in [-0.39, 0.29) is 20.1 Å². The Morgan fingerprint density at radius 3 is 2.20 bits per heavy atom. The number of aromatic nitrogens is 3. The number of nitrogens with zero attached hydrogens (tertiary/aromatic N) is 3. The molecule has 0 atom stereocenters. The van der Waals surface area contributed by atoms with Crippen LogP contribution >= 0.6 is 0 Å². The zero-order valence-electron chi connectivity index (χ0n) is 24.6. The summed E-state index contributed by atoms with van der Waals surface area (Å²) >= 11 is 0. The molecule has 0 bridgehead atoms. The summed E-state index contributed by atoms with van der Waals surface area (Å²) in [5.74, 6) is 0.697. The Balaban J connectivity index is 0.000000189. The molecule has 0 aliphatic heterocycles. The SMILES string of the molecule is Cc1ccc(-c2[c-]cccc2)nc1.[Ir].[c-]1cc2c(cc1-c1ccccn1)c1cc(C3CCCC3)cc3c4ccccc4n2c13. The largest absolute Gasteiger partial charge is 0.350 e. The maximum absolute atomic E-state index is 4.55. The van der Waals surface area contributed by atoms with Crippen molar-refractivity contribution in [1.82, 2.24) is 14.4 Å². The summed E-state index contributed by atoms with van der Waals surface area (Å²) in [7, 11) is 0. The van der Waals surface area contributed by atoms with Crippen molar-refractivity contribution in [3.63, 3.8) is 0 Å². The maximum Gasteiger partial charge on any atom is 0.0516 e. The summed E-state index contributed by atoms with van der Waals surface area (Å²) in [6.07, 6.45) is 9.07. The molecule has 4 heteroatoms. The predicted octanol–water partition coefficient (Wildman–Crippen LogP) is 10.2. The van der Waals surface area contributed by atoms with Crippen LogP contribution in [0.4, 0.5) is 0 Å². The van der Waals surface area contributed by atoms with Gasteiger partial charge in [-0.15, -0.1) is 59.7 Å². The summed E-state index contributed by atoms with van der Waals surface area (Å²) in [6, 6.07) is 42.9. The number of para-hydroxylation sites is 1. The number of hydrogen-bond donors (Lipinski definition) is 0. The van der Waals surface area contributed by atoms with E-state index in [0.717, 1.165) is 22.5 Å². The van der Waals surface area contributed by atoms with Crippen LogP contribution in [-0.2, 0) is 20.1 Å². The molecule has 0 saturated heterocycles. The molecule has 0 amide bonds. The van der Waals surface area contributed by atoms with Crippen LogP contribution in [0.15, 0.2) is 116 Å². The predicted molar refractivity (Wildman–Crippen MR) is 178 cm³/mol. The van der Waals surface area contributed by atoms with E-state index in [1.165, 1.54) is 74.9 Å². The van der Waals surface area contributed by atoms with Gasteiger partial charge in [0.15, 0.2) is 0 Å². The molecular formula is C40H31IrN3-2. The minimum absolute atomic E-state index is 0. The van der Waals surface area contributed by atoms with Gasteiger partial charge < -0.3 is 14.4 Å². The Bertz CT molecular complexity index is 2180. The summed E-state index contributed by atoms with van der Waals surface area (Å²) in [6.45, 7) is 2.03. The molecule has 217 valence electrons. The third-order valence-electron chi connectivity index (χ3n) is 8.91. The average Bonchev–Trinajstić information content (AvgIpc) is 3.80. The molecule has 8 aromatic rings. The first-order chi connectivity index (χ1) is 21.2. The van der Waals surface area contributed by atoms with Gasteiger partial charge in [-0.2, -0.15) is 0 Å². The smallest absolute Gasteiger partial charge is 0.0516 e. The fourth-order valence-electron chi connectivity index (χ4n) is 6.80. The maximum atomic E-state index is 4.55. The molecule has 4 aromatic carbocycles. The van der Waals surface area contributed by atoms with Gasteiger partial charge >= 0.3 is 0 Å². The van der Waals surface area contributed by atoms with Crippen molar-refractivity contribution in [2.75, 3.05) is 0 Å². The molecule has 0 unspecified atom stereocenters. The number of aryl methyl sites for hydroxylation is 1. The van der Waals surface area contributed by atoms with Gasteiger partial charge in [-0.05, 0) is 77.3 Å². The summed E-state index contributed by atoms with van der Waals surface area (Å²) in [5, 5.41) is 5.42. The molecule has 1 aliphatic carbocycles. The van der Waals surface area contributed by atoms with Gasteiger partial charge in [-0.3, -0.25) is 0 Å². The van der Waals surface area contributed by atoms with Crippen LogP contribution in [0.2, 0.25) is 0 Å². The Morgan fingerprint density at radius 1 is 0.682 bits per heavy atom. The standard InChI is InChI=1S/C28H21N2.C12H10N.Ir/c1-2-8-18(7-1)20-16-23-21-9-3-4-11-26(21)30-27-13-12-19(25-10-5-6-14-29-25)15-22(27)24(17-20)28(23)30;1-10-7-8-12(13-9-10)11-5-3-2-4-6-11;/h3-6,9-11,13-18H,1-2,7-8H2;2-5,7-9H,1H3;/q2*-1;. The molecule has 4 heterocycles. The van der Waals surface area contributed by atoms with Crippen molar-refractivity contribution >= 4 is 38.1 Å². The van der Waals surface area contributed by atoms with E-state index in [1.807, 2.05) is 61.8 Å². The van der Waals surface area contributed by atoms with Gasteiger partial charge in [0.2, 0.25) is 0 Å². The first kappa shape index (κ1) is 28.4. The van der Waals surface area contributed by atoms with Crippen molar-refractivity contribution in [2.24, 2.45) is 0 Å². The second-order valence-corrected chi connectivity index (χ2v) is 11.7.